The summed E-state index contributed by atoms with van der Waals surface area (Å²) in [6.45, 7) is 3.47. The highest BCUT2D eigenvalue weighted by Crippen LogP contribution is 2.13. The Hall–Kier alpha value is -0.310. The zero-order valence-electron chi connectivity index (χ0n) is 7.48. The Labute approximate surface area is 89.5 Å². The molecule has 0 amide bonds. The molecule has 0 atom stereocenters. The molecule has 1 aromatic heterocycles. The van der Waals surface area contributed by atoms with Crippen molar-refractivity contribution in [2.75, 3.05) is 13.1 Å². The highest BCUT2D eigenvalue weighted by molar-refractivity contribution is 7.09. The van der Waals surface area contributed by atoms with E-state index in [1.54, 1.807) is 0 Å². The van der Waals surface area contributed by atoms with Crippen LogP contribution in [-0.2, 0) is 6.54 Å². The number of halogens is 1. The standard InChI is InChI=1S/C10H13NS.ClH/c1-2-6-11(7-3-1)9-10-5-4-8-12-10;/h1-2,4-5,8H,3,6-7,9H2;1H. The van der Waals surface area contributed by atoms with Crippen molar-refractivity contribution < 1.29 is 0 Å². The van der Waals surface area contributed by atoms with E-state index in [0.29, 0.717) is 0 Å². The number of nitrogens with zero attached hydrogens (tertiary/aromatic N) is 1. The lowest BCUT2D eigenvalue weighted by Gasteiger charge is -2.21. The van der Waals surface area contributed by atoms with E-state index in [1.165, 1.54) is 17.8 Å². The van der Waals surface area contributed by atoms with Gasteiger partial charge in [-0.15, -0.1) is 23.7 Å². The second kappa shape index (κ2) is 5.43. The molecule has 0 saturated carbocycles. The summed E-state index contributed by atoms with van der Waals surface area (Å²) in [5.74, 6) is 0. The maximum absolute atomic E-state index is 2.48. The van der Waals surface area contributed by atoms with E-state index in [-0.39, 0.29) is 12.4 Å². The summed E-state index contributed by atoms with van der Waals surface area (Å²) in [6, 6.07) is 4.34. The lowest BCUT2D eigenvalue weighted by atomic mass is 10.2. The third kappa shape index (κ3) is 3.14. The summed E-state index contributed by atoms with van der Waals surface area (Å²) in [5.41, 5.74) is 0. The third-order valence-electron chi connectivity index (χ3n) is 2.10. The fraction of sp³-hybridized carbons (Fsp3) is 0.400. The van der Waals surface area contributed by atoms with Crippen LogP contribution < -0.4 is 0 Å². The Morgan fingerprint density at radius 2 is 2.31 bits per heavy atom. The highest BCUT2D eigenvalue weighted by atomic mass is 35.5. The normalized spacial score (nSPS) is 16.9. The summed E-state index contributed by atoms with van der Waals surface area (Å²) >= 11 is 1.85. The van der Waals surface area contributed by atoms with Crippen molar-refractivity contribution in [3.63, 3.8) is 0 Å². The van der Waals surface area contributed by atoms with Gasteiger partial charge in [0.15, 0.2) is 0 Å². The van der Waals surface area contributed by atoms with Gasteiger partial charge in [0.2, 0.25) is 0 Å². The molecule has 0 aliphatic carbocycles. The lowest BCUT2D eigenvalue weighted by molar-refractivity contribution is 0.293. The van der Waals surface area contributed by atoms with Crippen LogP contribution in [0.25, 0.3) is 0 Å². The molecule has 2 heterocycles. The Morgan fingerprint density at radius 3 is 2.92 bits per heavy atom. The third-order valence-corrected chi connectivity index (χ3v) is 2.96. The summed E-state index contributed by atoms with van der Waals surface area (Å²) in [4.78, 5) is 3.96. The quantitative estimate of drug-likeness (QED) is 0.686. The lowest BCUT2D eigenvalue weighted by Crippen LogP contribution is -2.26. The molecule has 0 radical (unpaired) electrons. The molecule has 0 aromatic carbocycles. The maximum atomic E-state index is 2.48. The van der Waals surface area contributed by atoms with Gasteiger partial charge in [-0.1, -0.05) is 18.2 Å². The molecule has 0 bridgehead atoms. The van der Waals surface area contributed by atoms with Gasteiger partial charge in [-0.3, -0.25) is 4.90 Å². The van der Waals surface area contributed by atoms with Crippen LogP contribution in [0.1, 0.15) is 11.3 Å². The fourth-order valence-electron chi connectivity index (χ4n) is 1.46. The van der Waals surface area contributed by atoms with Crippen molar-refractivity contribution >= 4 is 23.7 Å². The van der Waals surface area contributed by atoms with E-state index in [1.807, 2.05) is 11.3 Å². The van der Waals surface area contributed by atoms with Gasteiger partial charge in [-0.05, 0) is 17.9 Å². The molecule has 13 heavy (non-hydrogen) atoms. The number of thiophene rings is 1. The number of hydrogen-bond donors (Lipinski definition) is 0. The monoisotopic (exact) mass is 215 g/mol. The van der Waals surface area contributed by atoms with E-state index in [4.69, 9.17) is 0 Å². The summed E-state index contributed by atoms with van der Waals surface area (Å²) in [7, 11) is 0. The summed E-state index contributed by atoms with van der Waals surface area (Å²) < 4.78 is 0. The molecule has 1 aliphatic heterocycles. The first-order valence-electron chi connectivity index (χ1n) is 4.35. The molecule has 0 spiro atoms. The van der Waals surface area contributed by atoms with Gasteiger partial charge >= 0.3 is 0 Å². The topological polar surface area (TPSA) is 3.24 Å². The van der Waals surface area contributed by atoms with E-state index in [0.717, 1.165) is 13.1 Å². The minimum Gasteiger partial charge on any atom is -0.294 e. The zero-order valence-corrected chi connectivity index (χ0v) is 9.11. The average molecular weight is 216 g/mol. The predicted octanol–water partition coefficient (Wildman–Crippen LogP) is 2.93. The number of hydrogen-bond acceptors (Lipinski definition) is 2. The van der Waals surface area contributed by atoms with Crippen LogP contribution in [0.5, 0.6) is 0 Å². The Kier molecular flexibility index (Phi) is 4.50. The van der Waals surface area contributed by atoms with E-state index in [9.17, 15) is 0 Å². The van der Waals surface area contributed by atoms with Gasteiger partial charge in [0, 0.05) is 24.5 Å². The van der Waals surface area contributed by atoms with Crippen molar-refractivity contribution in [3.05, 3.63) is 34.5 Å². The van der Waals surface area contributed by atoms with Gasteiger partial charge < -0.3 is 0 Å². The van der Waals surface area contributed by atoms with E-state index in [2.05, 4.69) is 34.6 Å². The first-order chi connectivity index (χ1) is 5.95. The van der Waals surface area contributed by atoms with Crippen LogP contribution in [-0.4, -0.2) is 18.0 Å². The van der Waals surface area contributed by atoms with Crippen LogP contribution in [0.15, 0.2) is 29.7 Å². The van der Waals surface area contributed by atoms with E-state index < -0.39 is 0 Å². The van der Waals surface area contributed by atoms with Gasteiger partial charge in [-0.2, -0.15) is 0 Å². The smallest absolute Gasteiger partial charge is 0.0331 e. The largest absolute Gasteiger partial charge is 0.294 e. The molecule has 1 nitrogen and oxygen atoms in total. The second-order valence-electron chi connectivity index (χ2n) is 3.07. The molecule has 2 rings (SSSR count). The van der Waals surface area contributed by atoms with Crippen molar-refractivity contribution in [1.82, 2.24) is 4.90 Å². The van der Waals surface area contributed by atoms with Gasteiger partial charge in [0.1, 0.15) is 0 Å². The minimum atomic E-state index is 0. The Balaban J connectivity index is 0.000000845. The first kappa shape index (κ1) is 10.8. The highest BCUT2D eigenvalue weighted by Gasteiger charge is 2.06. The van der Waals surface area contributed by atoms with Crippen molar-refractivity contribution in [3.8, 4) is 0 Å². The second-order valence-corrected chi connectivity index (χ2v) is 4.11. The molecular formula is C10H14ClNS. The minimum absolute atomic E-state index is 0. The maximum Gasteiger partial charge on any atom is 0.0331 e. The molecule has 0 unspecified atom stereocenters. The average Bonchev–Trinajstić information content (AvgIpc) is 2.59. The molecule has 0 fully saturated rings. The van der Waals surface area contributed by atoms with Gasteiger partial charge in [0.25, 0.3) is 0 Å². The Bertz CT molecular complexity index is 256. The first-order valence-corrected chi connectivity index (χ1v) is 5.23. The molecular weight excluding hydrogens is 202 g/mol. The zero-order chi connectivity index (χ0) is 8.23. The number of rotatable bonds is 2. The predicted molar refractivity (Wildman–Crippen MR) is 60.6 cm³/mol. The van der Waals surface area contributed by atoms with Crippen LogP contribution >= 0.6 is 23.7 Å². The van der Waals surface area contributed by atoms with Crippen LogP contribution in [0.4, 0.5) is 0 Å². The molecule has 0 saturated heterocycles. The fourth-order valence-corrected chi connectivity index (χ4v) is 2.20. The van der Waals surface area contributed by atoms with Crippen LogP contribution in [0, 0.1) is 0 Å². The molecule has 72 valence electrons. The summed E-state index contributed by atoms with van der Waals surface area (Å²) in [6.07, 6.45) is 5.74. The van der Waals surface area contributed by atoms with Crippen molar-refractivity contribution in [2.24, 2.45) is 0 Å². The Morgan fingerprint density at radius 1 is 1.38 bits per heavy atom. The van der Waals surface area contributed by atoms with E-state index >= 15 is 0 Å². The van der Waals surface area contributed by atoms with Gasteiger partial charge in [0.05, 0.1) is 0 Å². The SMILES string of the molecule is C1=CCN(Cc2cccs2)CC1.Cl. The van der Waals surface area contributed by atoms with Crippen LogP contribution in [0.3, 0.4) is 0 Å². The molecule has 0 N–H and O–H groups in total. The molecule has 3 heteroatoms. The molecule has 1 aromatic rings. The van der Waals surface area contributed by atoms with Crippen molar-refractivity contribution in [1.29, 1.82) is 0 Å². The summed E-state index contributed by atoms with van der Waals surface area (Å²) in [5, 5.41) is 2.15. The van der Waals surface area contributed by atoms with Crippen molar-refractivity contribution in [2.45, 2.75) is 13.0 Å². The van der Waals surface area contributed by atoms with Crippen LogP contribution in [0.2, 0.25) is 0 Å². The molecule has 1 aliphatic rings. The van der Waals surface area contributed by atoms with Gasteiger partial charge in [-0.25, -0.2) is 0 Å².